The number of ether oxygens (including phenoxy) is 1. The van der Waals surface area contributed by atoms with Gasteiger partial charge in [-0.25, -0.2) is 0 Å². The van der Waals surface area contributed by atoms with E-state index in [-0.39, 0.29) is 5.97 Å². The van der Waals surface area contributed by atoms with Gasteiger partial charge in [-0.15, -0.1) is 0 Å². The van der Waals surface area contributed by atoms with Gasteiger partial charge in [0, 0.05) is 6.42 Å². The standard InChI is InChI=1S/C9H17NO2/c1-12-9(11)5-4-8-3-2-6-10-7-8/h8,10H,2-7H2,1H3. The van der Waals surface area contributed by atoms with E-state index >= 15 is 0 Å². The van der Waals surface area contributed by atoms with Crippen molar-refractivity contribution in [2.75, 3.05) is 20.2 Å². The van der Waals surface area contributed by atoms with Gasteiger partial charge in [-0.05, 0) is 38.3 Å². The maximum Gasteiger partial charge on any atom is 0.305 e. The molecule has 1 N–H and O–H groups in total. The second-order valence-corrected chi connectivity index (χ2v) is 3.33. The summed E-state index contributed by atoms with van der Waals surface area (Å²) in [6.45, 7) is 2.20. The number of carbonyl (C=O) groups excluding carboxylic acids is 1. The largest absolute Gasteiger partial charge is 0.469 e. The highest BCUT2D eigenvalue weighted by Crippen LogP contribution is 2.15. The van der Waals surface area contributed by atoms with Gasteiger partial charge in [0.05, 0.1) is 7.11 Å². The molecule has 0 aliphatic carbocycles. The van der Waals surface area contributed by atoms with Gasteiger partial charge in [0.2, 0.25) is 0 Å². The number of methoxy groups -OCH3 is 1. The van der Waals surface area contributed by atoms with Crippen LogP contribution in [0.25, 0.3) is 0 Å². The molecule has 0 radical (unpaired) electrons. The molecule has 0 aromatic rings. The summed E-state index contributed by atoms with van der Waals surface area (Å²) >= 11 is 0. The van der Waals surface area contributed by atoms with Gasteiger partial charge in [0.1, 0.15) is 0 Å². The van der Waals surface area contributed by atoms with Gasteiger partial charge in [0.15, 0.2) is 0 Å². The molecule has 0 aromatic heterocycles. The van der Waals surface area contributed by atoms with Gasteiger partial charge in [-0.1, -0.05) is 0 Å². The second kappa shape index (κ2) is 5.14. The summed E-state index contributed by atoms with van der Waals surface area (Å²) in [5.41, 5.74) is 0. The molecular weight excluding hydrogens is 154 g/mol. The van der Waals surface area contributed by atoms with Gasteiger partial charge >= 0.3 is 5.97 Å². The maximum atomic E-state index is 10.8. The van der Waals surface area contributed by atoms with Crippen LogP contribution in [0.15, 0.2) is 0 Å². The van der Waals surface area contributed by atoms with Crippen LogP contribution in [0, 0.1) is 5.92 Å². The van der Waals surface area contributed by atoms with Crippen molar-refractivity contribution in [3.8, 4) is 0 Å². The molecule has 0 spiro atoms. The number of esters is 1. The quantitative estimate of drug-likeness (QED) is 0.642. The Morgan fingerprint density at radius 1 is 1.67 bits per heavy atom. The first-order valence-electron chi connectivity index (χ1n) is 4.60. The molecule has 1 fully saturated rings. The van der Waals surface area contributed by atoms with Crippen molar-refractivity contribution in [2.24, 2.45) is 5.92 Å². The van der Waals surface area contributed by atoms with Crippen molar-refractivity contribution >= 4 is 5.97 Å². The number of carbonyl (C=O) groups is 1. The third-order valence-corrected chi connectivity index (χ3v) is 2.38. The number of hydrogen-bond donors (Lipinski definition) is 1. The molecule has 0 saturated carbocycles. The molecule has 0 amide bonds. The Kier molecular flexibility index (Phi) is 4.08. The van der Waals surface area contributed by atoms with Crippen LogP contribution in [0.3, 0.4) is 0 Å². The van der Waals surface area contributed by atoms with E-state index in [9.17, 15) is 4.79 Å². The van der Waals surface area contributed by atoms with Crippen molar-refractivity contribution in [2.45, 2.75) is 25.7 Å². The summed E-state index contributed by atoms with van der Waals surface area (Å²) in [6.07, 6.45) is 4.04. The molecule has 1 aliphatic heterocycles. The summed E-state index contributed by atoms with van der Waals surface area (Å²) in [7, 11) is 1.45. The SMILES string of the molecule is COC(=O)CCC1CCCNC1. The van der Waals surface area contributed by atoms with E-state index < -0.39 is 0 Å². The fourth-order valence-corrected chi connectivity index (χ4v) is 1.59. The normalized spacial score (nSPS) is 23.6. The topological polar surface area (TPSA) is 38.3 Å². The van der Waals surface area contributed by atoms with Crippen molar-refractivity contribution in [1.29, 1.82) is 0 Å². The zero-order valence-electron chi connectivity index (χ0n) is 7.64. The first-order chi connectivity index (χ1) is 5.83. The van der Waals surface area contributed by atoms with Crippen molar-refractivity contribution in [1.82, 2.24) is 5.32 Å². The van der Waals surface area contributed by atoms with Crippen LogP contribution in [0.4, 0.5) is 0 Å². The summed E-state index contributed by atoms with van der Waals surface area (Å²) < 4.78 is 4.58. The number of hydrogen-bond acceptors (Lipinski definition) is 3. The zero-order valence-corrected chi connectivity index (χ0v) is 7.64. The van der Waals surface area contributed by atoms with Gasteiger partial charge in [0.25, 0.3) is 0 Å². The lowest BCUT2D eigenvalue weighted by atomic mass is 9.95. The predicted octanol–water partition coefficient (Wildman–Crippen LogP) is 0.939. The van der Waals surface area contributed by atoms with Crippen LogP contribution in [0.5, 0.6) is 0 Å². The molecule has 1 saturated heterocycles. The molecule has 1 atom stereocenters. The highest BCUT2D eigenvalue weighted by atomic mass is 16.5. The van der Waals surface area contributed by atoms with E-state index in [0.29, 0.717) is 12.3 Å². The molecule has 1 aliphatic rings. The maximum absolute atomic E-state index is 10.8. The van der Waals surface area contributed by atoms with Gasteiger partial charge < -0.3 is 10.1 Å². The predicted molar refractivity (Wildman–Crippen MR) is 46.8 cm³/mol. The van der Waals surface area contributed by atoms with Crippen LogP contribution < -0.4 is 5.32 Å². The third-order valence-electron chi connectivity index (χ3n) is 2.38. The monoisotopic (exact) mass is 171 g/mol. The fraction of sp³-hybridized carbons (Fsp3) is 0.889. The highest BCUT2D eigenvalue weighted by molar-refractivity contribution is 5.69. The Morgan fingerprint density at radius 2 is 2.50 bits per heavy atom. The summed E-state index contributed by atoms with van der Waals surface area (Å²) in [4.78, 5) is 10.8. The molecule has 1 rings (SSSR count). The molecule has 3 heteroatoms. The second-order valence-electron chi connectivity index (χ2n) is 3.33. The minimum absolute atomic E-state index is 0.0828. The minimum atomic E-state index is -0.0828. The summed E-state index contributed by atoms with van der Waals surface area (Å²) in [6, 6.07) is 0. The number of nitrogens with one attached hydrogen (secondary N) is 1. The average Bonchev–Trinajstić information content (AvgIpc) is 2.16. The van der Waals surface area contributed by atoms with Gasteiger partial charge in [-0.3, -0.25) is 4.79 Å². The van der Waals surface area contributed by atoms with E-state index in [0.717, 1.165) is 19.5 Å². The van der Waals surface area contributed by atoms with Crippen molar-refractivity contribution < 1.29 is 9.53 Å². The lowest BCUT2D eigenvalue weighted by molar-refractivity contribution is -0.140. The molecular formula is C9H17NO2. The van der Waals surface area contributed by atoms with Crippen molar-refractivity contribution in [3.63, 3.8) is 0 Å². The Hall–Kier alpha value is -0.570. The first-order valence-corrected chi connectivity index (χ1v) is 4.60. The molecule has 3 nitrogen and oxygen atoms in total. The van der Waals surface area contributed by atoms with Crippen LogP contribution >= 0.6 is 0 Å². The highest BCUT2D eigenvalue weighted by Gasteiger charge is 2.14. The van der Waals surface area contributed by atoms with Crippen LogP contribution in [-0.2, 0) is 9.53 Å². The Balaban J connectivity index is 2.09. The fourth-order valence-electron chi connectivity index (χ4n) is 1.59. The molecule has 1 heterocycles. The van der Waals surface area contributed by atoms with Crippen LogP contribution in [-0.4, -0.2) is 26.2 Å². The van der Waals surface area contributed by atoms with Crippen LogP contribution in [0.2, 0.25) is 0 Å². The van der Waals surface area contributed by atoms with Crippen molar-refractivity contribution in [3.05, 3.63) is 0 Å². The van der Waals surface area contributed by atoms with Gasteiger partial charge in [-0.2, -0.15) is 0 Å². The number of piperidine rings is 1. The molecule has 12 heavy (non-hydrogen) atoms. The Labute approximate surface area is 73.5 Å². The Bertz CT molecular complexity index is 141. The Morgan fingerprint density at radius 3 is 3.08 bits per heavy atom. The molecule has 0 bridgehead atoms. The summed E-state index contributed by atoms with van der Waals surface area (Å²) in [5, 5.41) is 3.32. The first kappa shape index (κ1) is 9.52. The molecule has 1 unspecified atom stereocenters. The molecule has 70 valence electrons. The smallest absolute Gasteiger partial charge is 0.305 e. The third kappa shape index (κ3) is 3.22. The zero-order chi connectivity index (χ0) is 8.81. The van der Waals surface area contributed by atoms with E-state index in [1.807, 2.05) is 0 Å². The average molecular weight is 171 g/mol. The lowest BCUT2D eigenvalue weighted by Gasteiger charge is -2.21. The van der Waals surface area contributed by atoms with Crippen LogP contribution in [0.1, 0.15) is 25.7 Å². The number of rotatable bonds is 3. The van der Waals surface area contributed by atoms with E-state index in [1.165, 1.54) is 20.0 Å². The molecule has 0 aromatic carbocycles. The summed E-state index contributed by atoms with van der Waals surface area (Å²) in [5.74, 6) is 0.596. The van der Waals surface area contributed by atoms with E-state index in [2.05, 4.69) is 10.1 Å². The minimum Gasteiger partial charge on any atom is -0.469 e. The van der Waals surface area contributed by atoms with E-state index in [1.54, 1.807) is 0 Å². The van der Waals surface area contributed by atoms with E-state index in [4.69, 9.17) is 0 Å². The lowest BCUT2D eigenvalue weighted by Crippen LogP contribution is -2.30.